The van der Waals surface area contributed by atoms with E-state index in [2.05, 4.69) is 34.2 Å². The lowest BCUT2D eigenvalue weighted by Crippen LogP contribution is -2.11. The summed E-state index contributed by atoms with van der Waals surface area (Å²) < 4.78 is 0. The maximum absolute atomic E-state index is 8.41. The maximum Gasteiger partial charge on any atom is 0.166 e. The Morgan fingerprint density at radius 1 is 1.56 bits per heavy atom. The Morgan fingerprint density at radius 2 is 2.39 bits per heavy atom. The monoisotopic (exact) mass is 264 g/mol. The van der Waals surface area contributed by atoms with Crippen molar-refractivity contribution in [3.05, 3.63) is 23.8 Å². The highest BCUT2D eigenvalue weighted by molar-refractivity contribution is 7.99. The quantitative estimate of drug-likeness (QED) is 0.193. The van der Waals surface area contributed by atoms with Gasteiger partial charge in [0, 0.05) is 12.2 Å². The van der Waals surface area contributed by atoms with Gasteiger partial charge in [-0.2, -0.15) is 0 Å². The highest BCUT2D eigenvalue weighted by atomic mass is 32.2. The van der Waals surface area contributed by atoms with Gasteiger partial charge >= 0.3 is 0 Å². The van der Waals surface area contributed by atoms with Crippen LogP contribution in [0.2, 0.25) is 0 Å². The number of imidazole rings is 1. The molecule has 0 saturated carbocycles. The number of hydrogen-bond acceptors (Lipinski definition) is 4. The lowest BCUT2D eigenvalue weighted by atomic mass is 10.2. The Morgan fingerprint density at radius 3 is 3.17 bits per heavy atom. The van der Waals surface area contributed by atoms with Crippen LogP contribution in [0.25, 0.3) is 11.0 Å². The van der Waals surface area contributed by atoms with Crippen molar-refractivity contribution in [1.29, 1.82) is 0 Å². The molecule has 0 unspecified atom stereocenters. The van der Waals surface area contributed by atoms with Gasteiger partial charge in [0.2, 0.25) is 0 Å². The molecule has 1 aromatic heterocycles. The second-order valence-corrected chi connectivity index (χ2v) is 5.19. The van der Waals surface area contributed by atoms with Crippen LogP contribution < -0.4 is 5.73 Å². The molecule has 0 bridgehead atoms. The number of H-pyrrole nitrogens is 1. The first-order chi connectivity index (χ1) is 8.69. The SMILES string of the molecule is Cc1ccc2nc(SCCCC(N)=NO)[nH]c2c1. The second-order valence-electron chi connectivity index (χ2n) is 4.11. The number of aromatic nitrogens is 2. The molecule has 96 valence electrons. The van der Waals surface area contributed by atoms with E-state index in [0.717, 1.165) is 28.4 Å². The number of benzene rings is 1. The van der Waals surface area contributed by atoms with Gasteiger partial charge in [-0.15, -0.1) is 0 Å². The van der Waals surface area contributed by atoms with Gasteiger partial charge in [-0.1, -0.05) is 23.0 Å². The molecular formula is C12H16N4OS. The topological polar surface area (TPSA) is 87.3 Å². The molecule has 18 heavy (non-hydrogen) atoms. The van der Waals surface area contributed by atoms with E-state index in [1.165, 1.54) is 5.56 Å². The fourth-order valence-corrected chi connectivity index (χ4v) is 2.47. The highest BCUT2D eigenvalue weighted by Crippen LogP contribution is 2.21. The van der Waals surface area contributed by atoms with Gasteiger partial charge in [0.05, 0.1) is 11.0 Å². The van der Waals surface area contributed by atoms with Crippen molar-refractivity contribution in [3.8, 4) is 0 Å². The van der Waals surface area contributed by atoms with Crippen molar-refractivity contribution in [3.63, 3.8) is 0 Å². The molecule has 6 heteroatoms. The lowest BCUT2D eigenvalue weighted by molar-refractivity contribution is 0.317. The fraction of sp³-hybridized carbons (Fsp3) is 0.333. The predicted molar refractivity (Wildman–Crippen MR) is 74.2 cm³/mol. The van der Waals surface area contributed by atoms with Crippen molar-refractivity contribution >= 4 is 28.6 Å². The minimum atomic E-state index is 0.274. The first kappa shape index (κ1) is 12.8. The summed E-state index contributed by atoms with van der Waals surface area (Å²) in [4.78, 5) is 7.77. The van der Waals surface area contributed by atoms with E-state index in [4.69, 9.17) is 10.9 Å². The van der Waals surface area contributed by atoms with E-state index < -0.39 is 0 Å². The number of oxime groups is 1. The van der Waals surface area contributed by atoms with Gasteiger partial charge in [0.15, 0.2) is 5.16 Å². The molecule has 1 heterocycles. The molecular weight excluding hydrogens is 248 g/mol. The molecule has 0 amide bonds. The molecule has 5 nitrogen and oxygen atoms in total. The van der Waals surface area contributed by atoms with Crippen molar-refractivity contribution in [2.24, 2.45) is 10.9 Å². The number of aromatic amines is 1. The zero-order valence-electron chi connectivity index (χ0n) is 10.2. The molecule has 0 radical (unpaired) electrons. The number of hydrogen-bond donors (Lipinski definition) is 3. The zero-order chi connectivity index (χ0) is 13.0. The Hall–Kier alpha value is -1.69. The number of nitrogens with two attached hydrogens (primary N) is 1. The summed E-state index contributed by atoms with van der Waals surface area (Å²) in [5, 5.41) is 12.3. The summed E-state index contributed by atoms with van der Waals surface area (Å²) in [5.74, 6) is 1.16. The van der Waals surface area contributed by atoms with E-state index in [1.807, 2.05) is 6.07 Å². The summed E-state index contributed by atoms with van der Waals surface area (Å²) in [6.45, 7) is 2.06. The first-order valence-electron chi connectivity index (χ1n) is 5.74. The van der Waals surface area contributed by atoms with Gasteiger partial charge in [-0.05, 0) is 31.0 Å². The van der Waals surface area contributed by atoms with E-state index in [1.54, 1.807) is 11.8 Å². The average Bonchev–Trinajstić information content (AvgIpc) is 2.76. The van der Waals surface area contributed by atoms with Crippen molar-refractivity contribution in [1.82, 2.24) is 9.97 Å². The molecule has 4 N–H and O–H groups in total. The molecule has 2 rings (SSSR count). The molecule has 0 aliphatic carbocycles. The third kappa shape index (κ3) is 3.16. The van der Waals surface area contributed by atoms with Crippen LogP contribution in [-0.2, 0) is 0 Å². The molecule has 0 aliphatic heterocycles. The largest absolute Gasteiger partial charge is 0.409 e. The molecule has 0 spiro atoms. The molecule has 0 saturated heterocycles. The summed E-state index contributed by atoms with van der Waals surface area (Å²) >= 11 is 1.65. The number of thioether (sulfide) groups is 1. The smallest absolute Gasteiger partial charge is 0.166 e. The van der Waals surface area contributed by atoms with Crippen LogP contribution in [0.4, 0.5) is 0 Å². The minimum absolute atomic E-state index is 0.274. The Kier molecular flexibility index (Phi) is 4.09. The van der Waals surface area contributed by atoms with E-state index >= 15 is 0 Å². The van der Waals surface area contributed by atoms with E-state index in [-0.39, 0.29) is 5.84 Å². The number of aryl methyl sites for hydroxylation is 1. The average molecular weight is 264 g/mol. The third-order valence-corrected chi connectivity index (χ3v) is 3.52. The van der Waals surface area contributed by atoms with Crippen LogP contribution in [0.15, 0.2) is 28.5 Å². The highest BCUT2D eigenvalue weighted by Gasteiger charge is 2.03. The summed E-state index contributed by atoms with van der Waals surface area (Å²) in [5.41, 5.74) is 8.66. The zero-order valence-corrected chi connectivity index (χ0v) is 11.0. The second kappa shape index (κ2) is 5.77. The van der Waals surface area contributed by atoms with Gasteiger partial charge in [0.1, 0.15) is 5.84 Å². The van der Waals surface area contributed by atoms with Crippen molar-refractivity contribution in [2.75, 3.05) is 5.75 Å². The van der Waals surface area contributed by atoms with Crippen LogP contribution >= 0.6 is 11.8 Å². The Balaban J connectivity index is 1.92. The van der Waals surface area contributed by atoms with Crippen molar-refractivity contribution < 1.29 is 5.21 Å². The van der Waals surface area contributed by atoms with Crippen LogP contribution in [0.3, 0.4) is 0 Å². The predicted octanol–water partition coefficient (Wildman–Crippen LogP) is 2.49. The minimum Gasteiger partial charge on any atom is -0.409 e. The van der Waals surface area contributed by atoms with Gasteiger partial charge < -0.3 is 15.9 Å². The number of fused-ring (bicyclic) bond motifs is 1. The molecule has 0 fully saturated rings. The molecule has 1 aromatic carbocycles. The van der Waals surface area contributed by atoms with E-state index in [9.17, 15) is 0 Å². The maximum atomic E-state index is 8.41. The van der Waals surface area contributed by atoms with Crippen LogP contribution in [0, 0.1) is 6.92 Å². The molecule has 0 atom stereocenters. The standard InChI is InChI=1S/C12H16N4OS/c1-8-4-5-9-10(7-8)15-12(14-9)18-6-2-3-11(13)16-17/h4-5,7,17H,2-3,6H2,1H3,(H2,13,16)(H,14,15). The van der Waals surface area contributed by atoms with Crippen LogP contribution in [-0.4, -0.2) is 26.8 Å². The van der Waals surface area contributed by atoms with Crippen LogP contribution in [0.1, 0.15) is 18.4 Å². The summed E-state index contributed by atoms with van der Waals surface area (Å²) in [6, 6.07) is 6.15. The number of nitrogens with one attached hydrogen (secondary N) is 1. The van der Waals surface area contributed by atoms with Gasteiger partial charge in [0.25, 0.3) is 0 Å². The number of amidine groups is 1. The van der Waals surface area contributed by atoms with Gasteiger partial charge in [-0.25, -0.2) is 4.98 Å². The van der Waals surface area contributed by atoms with Crippen LogP contribution in [0.5, 0.6) is 0 Å². The lowest BCUT2D eigenvalue weighted by Gasteiger charge is -1.97. The number of nitrogens with zero attached hydrogens (tertiary/aromatic N) is 2. The van der Waals surface area contributed by atoms with Crippen molar-refractivity contribution in [2.45, 2.75) is 24.9 Å². The molecule has 0 aliphatic rings. The molecule has 2 aromatic rings. The Labute approximate surface area is 109 Å². The fourth-order valence-electron chi connectivity index (χ4n) is 1.64. The van der Waals surface area contributed by atoms with E-state index in [0.29, 0.717) is 6.42 Å². The summed E-state index contributed by atoms with van der Waals surface area (Å²) in [7, 11) is 0. The van der Waals surface area contributed by atoms with Gasteiger partial charge in [-0.3, -0.25) is 0 Å². The Bertz CT molecular complexity index is 564. The normalized spacial score (nSPS) is 12.2. The number of rotatable bonds is 5. The third-order valence-electron chi connectivity index (χ3n) is 2.56. The summed E-state index contributed by atoms with van der Waals surface area (Å²) in [6.07, 6.45) is 1.46. The first-order valence-corrected chi connectivity index (χ1v) is 6.73.